The Bertz CT molecular complexity index is 1340. The van der Waals surface area contributed by atoms with Crippen molar-refractivity contribution in [2.24, 2.45) is 0 Å². The van der Waals surface area contributed by atoms with E-state index in [1.807, 2.05) is 80.9 Å². The summed E-state index contributed by atoms with van der Waals surface area (Å²) in [6, 6.07) is 22.3. The van der Waals surface area contributed by atoms with Crippen molar-refractivity contribution in [3.05, 3.63) is 77.4 Å². The van der Waals surface area contributed by atoms with Crippen molar-refractivity contribution in [3.8, 4) is 6.07 Å². The zero-order valence-electron chi connectivity index (χ0n) is 19.2. The second-order valence-electron chi connectivity index (χ2n) is 8.31. The minimum atomic E-state index is -0.319. The summed E-state index contributed by atoms with van der Waals surface area (Å²) < 4.78 is 1.99. The Morgan fingerprint density at radius 3 is 2.58 bits per heavy atom. The maximum absolute atomic E-state index is 13.0. The zero-order valence-corrected chi connectivity index (χ0v) is 20.1. The topological polar surface area (TPSA) is 73.4 Å². The van der Waals surface area contributed by atoms with Gasteiger partial charge in [0.25, 0.3) is 0 Å². The molecule has 2 aromatic heterocycles. The summed E-state index contributed by atoms with van der Waals surface area (Å²) in [5.41, 5.74) is 4.96. The fraction of sp³-hybridized carbons (Fsp3) is 0.269. The van der Waals surface area contributed by atoms with Crippen molar-refractivity contribution >= 4 is 34.3 Å². The molecule has 2 heterocycles. The number of pyridine rings is 1. The smallest absolute Gasteiger partial charge is 0.233 e. The van der Waals surface area contributed by atoms with E-state index in [1.54, 1.807) is 0 Å². The molecule has 33 heavy (non-hydrogen) atoms. The number of benzene rings is 2. The summed E-state index contributed by atoms with van der Waals surface area (Å²) in [5, 5.41) is 13.4. The van der Waals surface area contributed by atoms with Crippen LogP contribution in [0, 0.1) is 18.3 Å². The van der Waals surface area contributed by atoms with Gasteiger partial charge in [0, 0.05) is 6.54 Å². The maximum atomic E-state index is 13.0. The Labute approximate surface area is 198 Å². The number of hydrogen-bond donors (Lipinski definition) is 1. The highest BCUT2D eigenvalue weighted by Crippen LogP contribution is 2.31. The summed E-state index contributed by atoms with van der Waals surface area (Å²) in [6.07, 6.45) is 0. The molecule has 0 fully saturated rings. The molecule has 6 nitrogen and oxygen atoms in total. The van der Waals surface area contributed by atoms with E-state index in [4.69, 9.17) is 4.98 Å². The van der Waals surface area contributed by atoms with E-state index in [0.717, 1.165) is 27.2 Å². The van der Waals surface area contributed by atoms with Crippen LogP contribution in [0.25, 0.3) is 16.7 Å². The molecular weight excluding hydrogens is 430 g/mol. The first-order chi connectivity index (χ1) is 15.9. The molecule has 168 valence electrons. The van der Waals surface area contributed by atoms with Gasteiger partial charge in [-0.25, -0.2) is 4.98 Å². The number of amides is 1. The Kier molecular flexibility index (Phi) is 6.68. The number of hydrogen-bond acceptors (Lipinski definition) is 5. The van der Waals surface area contributed by atoms with Crippen LogP contribution in [0.2, 0.25) is 0 Å². The number of fused-ring (bicyclic) bond motifs is 3. The lowest BCUT2D eigenvalue weighted by atomic mass is 10.1. The van der Waals surface area contributed by atoms with Crippen LogP contribution >= 0.6 is 11.8 Å². The van der Waals surface area contributed by atoms with Gasteiger partial charge in [-0.15, -0.1) is 0 Å². The Balaban J connectivity index is 1.58. The summed E-state index contributed by atoms with van der Waals surface area (Å²) in [4.78, 5) is 19.8. The van der Waals surface area contributed by atoms with Crippen LogP contribution in [0.1, 0.15) is 29.7 Å². The summed E-state index contributed by atoms with van der Waals surface area (Å²) in [6.45, 7) is 4.34. The molecular formula is C26H27N5OS. The van der Waals surface area contributed by atoms with Crippen molar-refractivity contribution in [2.45, 2.75) is 30.2 Å². The van der Waals surface area contributed by atoms with E-state index in [2.05, 4.69) is 28.4 Å². The number of nitrogens with zero attached hydrogens (tertiary/aromatic N) is 4. The first-order valence-electron chi connectivity index (χ1n) is 10.9. The van der Waals surface area contributed by atoms with E-state index < -0.39 is 0 Å². The molecule has 0 aliphatic rings. The Morgan fingerprint density at radius 2 is 1.88 bits per heavy atom. The van der Waals surface area contributed by atoms with Crippen LogP contribution in [-0.2, 0) is 4.79 Å². The number of nitrogens with one attached hydrogen (secondary N) is 1. The maximum Gasteiger partial charge on any atom is 0.233 e. The first kappa shape index (κ1) is 22.8. The third kappa shape index (κ3) is 4.58. The van der Waals surface area contributed by atoms with Crippen molar-refractivity contribution in [3.63, 3.8) is 0 Å². The molecule has 0 radical (unpaired) electrons. The largest absolute Gasteiger partial charge is 0.353 e. The number of rotatable bonds is 7. The number of carbonyl (C=O) groups is 1. The predicted octanol–water partition coefficient (Wildman–Crippen LogP) is 4.57. The van der Waals surface area contributed by atoms with Gasteiger partial charge >= 0.3 is 0 Å². The highest BCUT2D eigenvalue weighted by Gasteiger charge is 2.22. The predicted molar refractivity (Wildman–Crippen MR) is 133 cm³/mol. The number of carbonyl (C=O) groups excluding carboxylic acids is 1. The van der Waals surface area contributed by atoms with E-state index in [1.165, 1.54) is 11.8 Å². The lowest BCUT2D eigenvalue weighted by Crippen LogP contribution is -2.38. The van der Waals surface area contributed by atoms with Crippen LogP contribution in [-0.4, -0.2) is 46.1 Å². The quantitative estimate of drug-likeness (QED) is 0.412. The lowest BCUT2D eigenvalue weighted by Gasteiger charge is -2.25. The first-order valence-corrected chi connectivity index (χ1v) is 11.7. The van der Waals surface area contributed by atoms with Crippen molar-refractivity contribution < 1.29 is 4.79 Å². The number of thioether (sulfide) groups is 1. The third-order valence-corrected chi connectivity index (χ3v) is 6.90. The molecule has 0 aliphatic carbocycles. The number of likely N-dealkylation sites (N-methyl/N-ethyl adjacent to an activating group) is 1. The van der Waals surface area contributed by atoms with Gasteiger partial charge in [0.2, 0.25) is 5.91 Å². The van der Waals surface area contributed by atoms with Gasteiger partial charge < -0.3 is 10.2 Å². The molecule has 4 rings (SSSR count). The molecule has 4 aromatic rings. The van der Waals surface area contributed by atoms with Crippen LogP contribution in [0.4, 0.5) is 0 Å². The molecule has 0 saturated heterocycles. The molecule has 0 spiro atoms. The average molecular weight is 458 g/mol. The highest BCUT2D eigenvalue weighted by molar-refractivity contribution is 8.00. The molecule has 2 atom stereocenters. The van der Waals surface area contributed by atoms with E-state index in [-0.39, 0.29) is 17.2 Å². The summed E-state index contributed by atoms with van der Waals surface area (Å²) in [7, 11) is 4.03. The summed E-state index contributed by atoms with van der Waals surface area (Å²) in [5.74, 6) is -0.0256. The highest BCUT2D eigenvalue weighted by atomic mass is 32.2. The Morgan fingerprint density at radius 1 is 1.18 bits per heavy atom. The third-order valence-electron chi connectivity index (χ3n) is 5.79. The molecule has 0 bridgehead atoms. The van der Waals surface area contributed by atoms with Crippen LogP contribution in [0.5, 0.6) is 0 Å². The van der Waals surface area contributed by atoms with Crippen LogP contribution in [0.3, 0.4) is 0 Å². The number of para-hydroxylation sites is 2. The van der Waals surface area contributed by atoms with Crippen LogP contribution in [0.15, 0.2) is 65.7 Å². The van der Waals surface area contributed by atoms with Gasteiger partial charge in [0.15, 0.2) is 5.65 Å². The van der Waals surface area contributed by atoms with Gasteiger partial charge in [-0.05, 0) is 57.3 Å². The van der Waals surface area contributed by atoms with Gasteiger partial charge in [-0.2, -0.15) is 5.26 Å². The molecule has 0 unspecified atom stereocenters. The van der Waals surface area contributed by atoms with Crippen LogP contribution < -0.4 is 5.32 Å². The normalized spacial score (nSPS) is 13.2. The minimum Gasteiger partial charge on any atom is -0.353 e. The van der Waals surface area contributed by atoms with E-state index in [9.17, 15) is 10.1 Å². The van der Waals surface area contributed by atoms with Gasteiger partial charge in [-0.1, -0.05) is 54.2 Å². The summed E-state index contributed by atoms with van der Waals surface area (Å²) >= 11 is 1.48. The van der Waals surface area contributed by atoms with E-state index in [0.29, 0.717) is 17.8 Å². The van der Waals surface area contributed by atoms with Crippen molar-refractivity contribution in [2.75, 3.05) is 20.6 Å². The number of aromatic nitrogens is 2. The van der Waals surface area contributed by atoms with Crippen molar-refractivity contribution in [1.29, 1.82) is 5.26 Å². The molecule has 1 amide bonds. The lowest BCUT2D eigenvalue weighted by molar-refractivity contribution is -0.120. The SMILES string of the molecule is Cc1cc(S[C@@H](C)C(=O)NC[C@@H](c2ccccc2)N(C)C)n2c(nc3ccccc32)c1C#N. The fourth-order valence-electron chi connectivity index (χ4n) is 3.99. The second-order valence-corrected chi connectivity index (χ2v) is 9.67. The number of aryl methyl sites for hydroxylation is 1. The molecule has 0 saturated carbocycles. The zero-order chi connectivity index (χ0) is 23.5. The second kappa shape index (κ2) is 9.65. The average Bonchev–Trinajstić information content (AvgIpc) is 3.19. The van der Waals surface area contributed by atoms with Gasteiger partial charge in [0.05, 0.1) is 32.9 Å². The number of imidazole rings is 1. The standard InChI is InChI=1S/C26H27N5OS/c1-17-14-24(31-22-13-9-8-12-21(22)29-25(31)20(17)15-27)33-18(2)26(32)28-16-23(30(3)4)19-10-6-5-7-11-19/h5-14,18,23H,16H2,1-4H3,(H,28,32)/t18-,23-/m0/s1. The molecule has 7 heteroatoms. The van der Waals surface area contributed by atoms with Gasteiger partial charge in [0.1, 0.15) is 6.07 Å². The van der Waals surface area contributed by atoms with Gasteiger partial charge in [-0.3, -0.25) is 9.20 Å². The number of nitriles is 1. The monoisotopic (exact) mass is 457 g/mol. The minimum absolute atomic E-state index is 0.0256. The van der Waals surface area contributed by atoms with Crippen molar-refractivity contribution in [1.82, 2.24) is 19.6 Å². The molecule has 0 aliphatic heterocycles. The fourth-order valence-corrected chi connectivity index (χ4v) is 5.08. The molecule has 1 N–H and O–H groups in total. The Hall–Kier alpha value is -3.34. The van der Waals surface area contributed by atoms with E-state index >= 15 is 0 Å². The molecule has 2 aromatic carbocycles.